The van der Waals surface area contributed by atoms with Gasteiger partial charge in [-0.3, -0.25) is 0 Å². The first-order valence-corrected chi connectivity index (χ1v) is 8.20. The minimum Gasteiger partial charge on any atom is -0.344 e. The van der Waals surface area contributed by atoms with Crippen molar-refractivity contribution in [1.82, 2.24) is 0 Å². The van der Waals surface area contributed by atoms with Crippen molar-refractivity contribution in [1.29, 1.82) is 0 Å². The highest BCUT2D eigenvalue weighted by atomic mass is 35.5. The highest BCUT2D eigenvalue weighted by Crippen LogP contribution is 2.41. The number of ether oxygens (including phenoxy) is 2. The fourth-order valence-corrected chi connectivity index (χ4v) is 2.91. The Morgan fingerprint density at radius 1 is 1.05 bits per heavy atom. The number of benzene rings is 1. The van der Waals surface area contributed by atoms with E-state index in [1.807, 2.05) is 6.92 Å². The molecule has 0 spiro atoms. The summed E-state index contributed by atoms with van der Waals surface area (Å²) in [6.07, 6.45) is 1.08. The minimum absolute atomic E-state index is 0.0346. The maximum atomic E-state index is 6.42. The highest BCUT2D eigenvalue weighted by Gasteiger charge is 2.45. The van der Waals surface area contributed by atoms with Crippen LogP contribution in [-0.2, 0) is 21.7 Å². The molecule has 3 heteroatoms. The summed E-state index contributed by atoms with van der Waals surface area (Å²) >= 11 is 6.42. The van der Waals surface area contributed by atoms with E-state index in [1.54, 1.807) is 0 Å². The molecule has 0 saturated carbocycles. The van der Waals surface area contributed by atoms with E-state index in [0.717, 1.165) is 12.0 Å². The smallest absolute Gasteiger partial charge is 0.211 e. The molecule has 21 heavy (non-hydrogen) atoms. The molecule has 1 unspecified atom stereocenters. The van der Waals surface area contributed by atoms with Gasteiger partial charge in [-0.15, -0.1) is 11.6 Å². The third kappa shape index (κ3) is 3.80. The van der Waals surface area contributed by atoms with Gasteiger partial charge in [0.25, 0.3) is 0 Å². The largest absolute Gasteiger partial charge is 0.344 e. The Bertz CT molecular complexity index is 453. The Morgan fingerprint density at radius 2 is 1.57 bits per heavy atom. The van der Waals surface area contributed by atoms with Gasteiger partial charge in [-0.25, -0.2) is 0 Å². The van der Waals surface area contributed by atoms with Gasteiger partial charge < -0.3 is 9.47 Å². The second kappa shape index (κ2) is 6.28. The molecular formula is C18H27ClO2. The zero-order valence-electron chi connectivity index (χ0n) is 13.8. The van der Waals surface area contributed by atoms with Crippen molar-refractivity contribution in [2.24, 2.45) is 11.3 Å². The van der Waals surface area contributed by atoms with Gasteiger partial charge in [0.2, 0.25) is 5.79 Å². The normalized spacial score (nSPS) is 22.2. The van der Waals surface area contributed by atoms with Crippen molar-refractivity contribution in [3.05, 3.63) is 35.4 Å². The van der Waals surface area contributed by atoms with E-state index < -0.39 is 5.79 Å². The summed E-state index contributed by atoms with van der Waals surface area (Å²) in [5.41, 5.74) is 2.38. The first-order valence-electron chi connectivity index (χ1n) is 7.76. The standard InChI is InChI=1S/C18H27ClO2/c1-13(2)10-15-6-8-16(9-7-15)18(14(3)19)20-11-17(4,5)12-21-18/h6-9,13-14H,10-12H2,1-5H3. The predicted molar refractivity (Wildman–Crippen MR) is 87.7 cm³/mol. The van der Waals surface area contributed by atoms with Crippen molar-refractivity contribution in [3.8, 4) is 0 Å². The van der Waals surface area contributed by atoms with Gasteiger partial charge >= 0.3 is 0 Å². The third-order valence-electron chi connectivity index (χ3n) is 3.88. The quantitative estimate of drug-likeness (QED) is 0.748. The maximum absolute atomic E-state index is 6.42. The lowest BCUT2D eigenvalue weighted by Crippen LogP contribution is -2.49. The molecule has 1 heterocycles. The highest BCUT2D eigenvalue weighted by molar-refractivity contribution is 6.21. The van der Waals surface area contributed by atoms with Crippen molar-refractivity contribution < 1.29 is 9.47 Å². The molecule has 2 rings (SSSR count). The summed E-state index contributed by atoms with van der Waals surface area (Å²) in [5.74, 6) is -0.173. The molecule has 0 aliphatic carbocycles. The van der Waals surface area contributed by atoms with E-state index in [4.69, 9.17) is 21.1 Å². The molecule has 0 amide bonds. The minimum atomic E-state index is -0.826. The molecule has 0 N–H and O–H groups in total. The first-order chi connectivity index (χ1) is 9.75. The Labute approximate surface area is 133 Å². The van der Waals surface area contributed by atoms with E-state index in [0.29, 0.717) is 19.1 Å². The third-order valence-corrected chi connectivity index (χ3v) is 4.17. The van der Waals surface area contributed by atoms with E-state index in [-0.39, 0.29) is 10.8 Å². The molecule has 1 aromatic rings. The zero-order chi connectivity index (χ0) is 15.7. The average Bonchev–Trinajstić information content (AvgIpc) is 2.39. The maximum Gasteiger partial charge on any atom is 0.211 e. The lowest BCUT2D eigenvalue weighted by atomic mass is 9.92. The van der Waals surface area contributed by atoms with Crippen molar-refractivity contribution >= 4 is 11.6 Å². The molecule has 1 aliphatic rings. The van der Waals surface area contributed by atoms with Gasteiger partial charge in [-0.1, -0.05) is 52.0 Å². The van der Waals surface area contributed by atoms with Crippen LogP contribution in [0.25, 0.3) is 0 Å². The molecule has 1 aliphatic heterocycles. The van der Waals surface area contributed by atoms with Crippen LogP contribution in [0.3, 0.4) is 0 Å². The van der Waals surface area contributed by atoms with Crippen molar-refractivity contribution in [2.75, 3.05) is 13.2 Å². The monoisotopic (exact) mass is 310 g/mol. The summed E-state index contributed by atoms with van der Waals surface area (Å²) in [4.78, 5) is 0. The summed E-state index contributed by atoms with van der Waals surface area (Å²) in [5, 5.41) is -0.246. The van der Waals surface area contributed by atoms with Crippen LogP contribution in [0.4, 0.5) is 0 Å². The Balaban J connectivity index is 2.23. The predicted octanol–water partition coefficient (Wildman–Crippen LogP) is 4.74. The zero-order valence-corrected chi connectivity index (χ0v) is 14.5. The second-order valence-corrected chi connectivity index (χ2v) is 7.97. The summed E-state index contributed by atoms with van der Waals surface area (Å²) in [6, 6.07) is 8.50. The molecule has 1 fully saturated rings. The van der Waals surface area contributed by atoms with Gasteiger partial charge in [0.15, 0.2) is 0 Å². The van der Waals surface area contributed by atoms with Crippen LogP contribution < -0.4 is 0 Å². The van der Waals surface area contributed by atoms with Gasteiger partial charge in [0, 0.05) is 11.0 Å². The summed E-state index contributed by atoms with van der Waals surface area (Å²) in [6.45, 7) is 12.0. The van der Waals surface area contributed by atoms with E-state index in [9.17, 15) is 0 Å². The fraction of sp³-hybridized carbons (Fsp3) is 0.667. The Kier molecular flexibility index (Phi) is 5.02. The Hall–Kier alpha value is -0.570. The Morgan fingerprint density at radius 3 is 2.00 bits per heavy atom. The van der Waals surface area contributed by atoms with Crippen molar-refractivity contribution in [2.45, 2.75) is 52.2 Å². The summed E-state index contributed by atoms with van der Waals surface area (Å²) in [7, 11) is 0. The van der Waals surface area contributed by atoms with E-state index in [2.05, 4.69) is 52.0 Å². The first kappa shape index (κ1) is 16.8. The van der Waals surface area contributed by atoms with Gasteiger partial charge in [0.05, 0.1) is 18.6 Å². The topological polar surface area (TPSA) is 18.5 Å². The number of hydrogen-bond donors (Lipinski definition) is 0. The molecule has 0 radical (unpaired) electrons. The van der Waals surface area contributed by atoms with Crippen LogP contribution in [0.1, 0.15) is 45.7 Å². The van der Waals surface area contributed by atoms with Gasteiger partial charge in [-0.05, 0) is 24.8 Å². The molecule has 0 bridgehead atoms. The molecule has 1 atom stereocenters. The number of alkyl halides is 1. The van der Waals surface area contributed by atoms with Gasteiger partial charge in [0.1, 0.15) is 0 Å². The average molecular weight is 311 g/mol. The lowest BCUT2D eigenvalue weighted by Gasteiger charge is -2.45. The number of hydrogen-bond acceptors (Lipinski definition) is 2. The molecule has 2 nitrogen and oxygen atoms in total. The van der Waals surface area contributed by atoms with E-state index in [1.165, 1.54) is 5.56 Å². The summed E-state index contributed by atoms with van der Waals surface area (Å²) < 4.78 is 12.2. The van der Waals surface area contributed by atoms with E-state index >= 15 is 0 Å². The molecule has 118 valence electrons. The van der Waals surface area contributed by atoms with Crippen LogP contribution in [0.2, 0.25) is 0 Å². The van der Waals surface area contributed by atoms with Crippen LogP contribution >= 0.6 is 11.6 Å². The van der Waals surface area contributed by atoms with Crippen molar-refractivity contribution in [3.63, 3.8) is 0 Å². The van der Waals surface area contributed by atoms with Crippen LogP contribution in [0, 0.1) is 11.3 Å². The van der Waals surface area contributed by atoms with Gasteiger partial charge in [-0.2, -0.15) is 0 Å². The molecule has 1 saturated heterocycles. The van der Waals surface area contributed by atoms with Crippen LogP contribution in [0.5, 0.6) is 0 Å². The lowest BCUT2D eigenvalue weighted by molar-refractivity contribution is -0.307. The SMILES string of the molecule is CC(C)Cc1ccc(C2(C(C)Cl)OCC(C)(C)CO2)cc1. The molecular weight excluding hydrogens is 284 g/mol. The second-order valence-electron chi connectivity index (χ2n) is 7.32. The number of halogens is 1. The van der Waals surface area contributed by atoms with Crippen LogP contribution in [0.15, 0.2) is 24.3 Å². The fourth-order valence-electron chi connectivity index (χ4n) is 2.66. The van der Waals surface area contributed by atoms with Crippen LogP contribution in [-0.4, -0.2) is 18.6 Å². The molecule has 1 aromatic carbocycles. The molecule has 0 aromatic heterocycles. The number of rotatable bonds is 4.